The molecular formula is C21H21ClN4O2. The van der Waals surface area contributed by atoms with Gasteiger partial charge in [-0.2, -0.15) is 0 Å². The zero-order valence-corrected chi connectivity index (χ0v) is 16.6. The molecule has 1 aliphatic heterocycles. The first-order chi connectivity index (χ1) is 13.5. The summed E-state index contributed by atoms with van der Waals surface area (Å²) in [6.07, 6.45) is 1.48. The molecule has 2 heterocycles. The van der Waals surface area contributed by atoms with Crippen molar-refractivity contribution in [3.63, 3.8) is 0 Å². The third-order valence-corrected chi connectivity index (χ3v) is 5.61. The average molecular weight is 397 g/mol. The SMILES string of the molecule is Cc1cc(N2CCN(C)CC2)ccc1NC1=C(Cl)C(=O)c2ncccc2C1=O. The number of rotatable bonds is 3. The number of hydrogen-bond acceptors (Lipinski definition) is 6. The summed E-state index contributed by atoms with van der Waals surface area (Å²) < 4.78 is 0. The Balaban J connectivity index is 1.60. The molecule has 0 amide bonds. The number of fused-ring (bicyclic) bond motifs is 1. The van der Waals surface area contributed by atoms with Crippen LogP contribution in [0.3, 0.4) is 0 Å². The molecule has 1 fully saturated rings. The first kappa shape index (κ1) is 18.7. The Bertz CT molecular complexity index is 994. The van der Waals surface area contributed by atoms with Crippen molar-refractivity contribution in [3.05, 3.63) is 64.1 Å². The van der Waals surface area contributed by atoms with Crippen molar-refractivity contribution in [1.82, 2.24) is 9.88 Å². The third-order valence-electron chi connectivity index (χ3n) is 5.25. The van der Waals surface area contributed by atoms with E-state index in [2.05, 4.69) is 33.2 Å². The first-order valence-electron chi connectivity index (χ1n) is 9.21. The van der Waals surface area contributed by atoms with Crippen molar-refractivity contribution in [2.45, 2.75) is 6.92 Å². The Morgan fingerprint density at radius 1 is 1.07 bits per heavy atom. The molecule has 144 valence electrons. The maximum Gasteiger partial charge on any atom is 0.225 e. The second-order valence-electron chi connectivity index (χ2n) is 7.16. The van der Waals surface area contributed by atoms with E-state index in [-0.39, 0.29) is 27.8 Å². The van der Waals surface area contributed by atoms with Gasteiger partial charge >= 0.3 is 0 Å². The van der Waals surface area contributed by atoms with Crippen LogP contribution in [0.2, 0.25) is 0 Å². The number of nitrogens with zero attached hydrogens (tertiary/aromatic N) is 3. The zero-order chi connectivity index (χ0) is 19.8. The van der Waals surface area contributed by atoms with Crippen LogP contribution in [0.5, 0.6) is 0 Å². The van der Waals surface area contributed by atoms with Crippen LogP contribution in [0.25, 0.3) is 0 Å². The lowest BCUT2D eigenvalue weighted by Gasteiger charge is -2.34. The fourth-order valence-corrected chi connectivity index (χ4v) is 3.74. The molecule has 0 atom stereocenters. The summed E-state index contributed by atoms with van der Waals surface area (Å²) in [6.45, 7) is 6.01. The molecule has 1 N–H and O–H groups in total. The largest absolute Gasteiger partial charge is 0.369 e. The van der Waals surface area contributed by atoms with Crippen molar-refractivity contribution in [2.24, 2.45) is 0 Å². The predicted octanol–water partition coefficient (Wildman–Crippen LogP) is 3.08. The van der Waals surface area contributed by atoms with Gasteiger partial charge in [0.25, 0.3) is 0 Å². The number of Topliss-reactive ketones (excluding diaryl/α,β-unsaturated/α-hetero) is 2. The van der Waals surface area contributed by atoms with E-state index in [1.165, 1.54) is 6.20 Å². The predicted molar refractivity (Wildman–Crippen MR) is 110 cm³/mol. The van der Waals surface area contributed by atoms with Crippen molar-refractivity contribution in [1.29, 1.82) is 0 Å². The van der Waals surface area contributed by atoms with E-state index in [1.54, 1.807) is 12.1 Å². The molecule has 0 saturated carbocycles. The van der Waals surface area contributed by atoms with Crippen LogP contribution < -0.4 is 10.2 Å². The van der Waals surface area contributed by atoms with E-state index in [0.717, 1.165) is 43.1 Å². The second-order valence-corrected chi connectivity index (χ2v) is 7.54. The summed E-state index contributed by atoms with van der Waals surface area (Å²) in [4.78, 5) is 34.0. The smallest absolute Gasteiger partial charge is 0.225 e. The molecule has 7 heteroatoms. The van der Waals surface area contributed by atoms with E-state index in [0.29, 0.717) is 0 Å². The molecule has 2 aliphatic rings. The second kappa shape index (κ2) is 7.37. The number of ketones is 2. The van der Waals surface area contributed by atoms with Crippen LogP contribution in [-0.2, 0) is 0 Å². The number of carbonyl (C=O) groups is 2. The number of aryl methyl sites for hydroxylation is 1. The number of nitrogens with one attached hydrogen (secondary N) is 1. The van der Waals surface area contributed by atoms with E-state index < -0.39 is 5.78 Å². The summed E-state index contributed by atoms with van der Waals surface area (Å²) >= 11 is 6.22. The minimum Gasteiger partial charge on any atom is -0.369 e. The fourth-order valence-electron chi connectivity index (χ4n) is 3.52. The maximum absolute atomic E-state index is 12.8. The molecule has 1 aromatic carbocycles. The number of likely N-dealkylation sites (N-methyl/N-ethyl adjacent to an activating group) is 1. The topological polar surface area (TPSA) is 65.5 Å². The van der Waals surface area contributed by atoms with Gasteiger partial charge in [-0.25, -0.2) is 0 Å². The molecule has 2 aromatic rings. The number of hydrogen-bond donors (Lipinski definition) is 1. The molecule has 28 heavy (non-hydrogen) atoms. The molecule has 1 aromatic heterocycles. The summed E-state index contributed by atoms with van der Waals surface area (Å²) in [7, 11) is 2.13. The van der Waals surface area contributed by atoms with E-state index in [9.17, 15) is 9.59 Å². The highest BCUT2D eigenvalue weighted by molar-refractivity contribution is 6.50. The monoisotopic (exact) mass is 396 g/mol. The number of benzene rings is 1. The van der Waals surface area contributed by atoms with Gasteiger partial charge in [-0.15, -0.1) is 0 Å². The van der Waals surface area contributed by atoms with Crippen molar-refractivity contribution >= 4 is 34.5 Å². The summed E-state index contributed by atoms with van der Waals surface area (Å²) in [5.74, 6) is -0.763. The lowest BCUT2D eigenvalue weighted by molar-refractivity contribution is 0.0978. The number of pyridine rings is 1. The lowest BCUT2D eigenvalue weighted by Crippen LogP contribution is -2.44. The quantitative estimate of drug-likeness (QED) is 0.860. The summed E-state index contributed by atoms with van der Waals surface area (Å²) in [6, 6.07) is 9.27. The number of piperazine rings is 1. The molecule has 6 nitrogen and oxygen atoms in total. The van der Waals surface area contributed by atoms with Gasteiger partial charge in [0, 0.05) is 43.8 Å². The van der Waals surface area contributed by atoms with Gasteiger partial charge in [-0.3, -0.25) is 14.6 Å². The number of allylic oxidation sites excluding steroid dienone is 2. The maximum atomic E-state index is 12.8. The molecule has 0 spiro atoms. The van der Waals surface area contributed by atoms with E-state index in [1.807, 2.05) is 19.1 Å². The highest BCUT2D eigenvalue weighted by Gasteiger charge is 2.32. The highest BCUT2D eigenvalue weighted by atomic mass is 35.5. The third kappa shape index (κ3) is 3.30. The molecule has 4 rings (SSSR count). The molecular weight excluding hydrogens is 376 g/mol. The summed E-state index contributed by atoms with van der Waals surface area (Å²) in [5.41, 5.74) is 3.35. The molecule has 0 unspecified atom stereocenters. The van der Waals surface area contributed by atoms with Crippen LogP contribution in [-0.4, -0.2) is 54.7 Å². The van der Waals surface area contributed by atoms with Crippen LogP contribution in [0.15, 0.2) is 47.3 Å². The van der Waals surface area contributed by atoms with Gasteiger partial charge in [-0.05, 0) is 49.9 Å². The Hall–Kier alpha value is -2.70. The van der Waals surface area contributed by atoms with Gasteiger partial charge in [0.2, 0.25) is 11.6 Å². The standard InChI is InChI=1S/C21H21ClN4O2/c1-13-12-14(26-10-8-25(2)9-11-26)5-6-16(13)24-19-17(22)21(28)18-15(20(19)27)4-3-7-23-18/h3-7,12,24H,8-11H2,1-2H3. The minimum atomic E-state index is -0.439. The van der Waals surface area contributed by atoms with Crippen molar-refractivity contribution < 1.29 is 9.59 Å². The van der Waals surface area contributed by atoms with Crippen LogP contribution in [0, 0.1) is 6.92 Å². The average Bonchev–Trinajstić information content (AvgIpc) is 2.71. The minimum absolute atomic E-state index is 0.0996. The van der Waals surface area contributed by atoms with Crippen LogP contribution in [0.1, 0.15) is 26.4 Å². The van der Waals surface area contributed by atoms with E-state index >= 15 is 0 Å². The van der Waals surface area contributed by atoms with Gasteiger partial charge in [-0.1, -0.05) is 11.6 Å². The lowest BCUT2D eigenvalue weighted by atomic mass is 9.96. The summed E-state index contributed by atoms with van der Waals surface area (Å²) in [5, 5.41) is 2.95. The molecule has 1 saturated heterocycles. The number of halogens is 1. The van der Waals surface area contributed by atoms with Crippen molar-refractivity contribution in [2.75, 3.05) is 43.4 Å². The van der Waals surface area contributed by atoms with Gasteiger partial charge < -0.3 is 15.1 Å². The first-order valence-corrected chi connectivity index (χ1v) is 9.59. The molecule has 0 radical (unpaired) electrons. The Morgan fingerprint density at radius 3 is 2.54 bits per heavy atom. The Labute approximate surface area is 168 Å². The number of carbonyl (C=O) groups excluding carboxylic acids is 2. The van der Waals surface area contributed by atoms with Crippen LogP contribution in [0.4, 0.5) is 11.4 Å². The Kier molecular flexibility index (Phi) is 4.91. The number of anilines is 2. The fraction of sp³-hybridized carbons (Fsp3) is 0.286. The zero-order valence-electron chi connectivity index (χ0n) is 15.8. The molecule has 1 aliphatic carbocycles. The van der Waals surface area contributed by atoms with Gasteiger partial charge in [0.05, 0.1) is 5.56 Å². The van der Waals surface area contributed by atoms with Crippen LogP contribution >= 0.6 is 11.6 Å². The molecule has 0 bridgehead atoms. The Morgan fingerprint density at radius 2 is 1.82 bits per heavy atom. The van der Waals surface area contributed by atoms with E-state index in [4.69, 9.17) is 11.6 Å². The number of aromatic nitrogens is 1. The highest BCUT2D eigenvalue weighted by Crippen LogP contribution is 2.30. The normalized spacial score (nSPS) is 17.8. The van der Waals surface area contributed by atoms with Gasteiger partial charge in [0.15, 0.2) is 0 Å². The van der Waals surface area contributed by atoms with Crippen molar-refractivity contribution in [3.8, 4) is 0 Å². The van der Waals surface area contributed by atoms with Gasteiger partial charge in [0.1, 0.15) is 16.4 Å².